The van der Waals surface area contributed by atoms with Crippen molar-refractivity contribution in [1.82, 2.24) is 10.2 Å². The summed E-state index contributed by atoms with van der Waals surface area (Å²) in [4.78, 5) is 28.3. The summed E-state index contributed by atoms with van der Waals surface area (Å²) in [5.41, 5.74) is 0.285. The normalized spacial score (nSPS) is 29.0. The molecule has 4 nitrogen and oxygen atoms in total. The first-order valence-electron chi connectivity index (χ1n) is 8.42. The Hall–Kier alpha value is -1.36. The number of thiophene rings is 1. The van der Waals surface area contributed by atoms with Crippen LogP contribution in [0.2, 0.25) is 0 Å². The fourth-order valence-electron chi connectivity index (χ4n) is 4.34. The monoisotopic (exact) mass is 318 g/mol. The summed E-state index contributed by atoms with van der Waals surface area (Å²) in [5.74, 6) is 0.478. The van der Waals surface area contributed by atoms with E-state index in [-0.39, 0.29) is 11.9 Å². The first-order valence-corrected chi connectivity index (χ1v) is 9.30. The highest BCUT2D eigenvalue weighted by atomic mass is 32.1. The molecule has 3 amide bonds. The molecular weight excluding hydrogens is 296 g/mol. The minimum absolute atomic E-state index is 0.0116. The minimum Gasteiger partial charge on any atom is -0.319 e. The Morgan fingerprint density at radius 3 is 2.86 bits per heavy atom. The van der Waals surface area contributed by atoms with Crippen molar-refractivity contribution < 1.29 is 9.59 Å². The quantitative estimate of drug-likeness (QED) is 0.850. The van der Waals surface area contributed by atoms with E-state index in [1.54, 1.807) is 11.3 Å². The molecule has 1 saturated carbocycles. The smallest absolute Gasteiger partial charge is 0.319 e. The van der Waals surface area contributed by atoms with Crippen molar-refractivity contribution in [3.63, 3.8) is 0 Å². The van der Waals surface area contributed by atoms with Crippen molar-refractivity contribution in [2.24, 2.45) is 5.92 Å². The number of nitrogens with zero attached hydrogens (tertiary/aromatic N) is 1. The Kier molecular flexibility index (Phi) is 3.48. The van der Waals surface area contributed by atoms with Crippen LogP contribution in [0.25, 0.3) is 0 Å². The topological polar surface area (TPSA) is 49.4 Å². The Morgan fingerprint density at radius 2 is 2.05 bits per heavy atom. The van der Waals surface area contributed by atoms with E-state index in [2.05, 4.69) is 5.32 Å². The van der Waals surface area contributed by atoms with Crippen molar-refractivity contribution in [2.45, 2.75) is 56.9 Å². The Balaban J connectivity index is 1.60. The van der Waals surface area contributed by atoms with Crippen molar-refractivity contribution in [3.05, 3.63) is 21.9 Å². The molecule has 1 N–H and O–H groups in total. The number of aryl methyl sites for hydroxylation is 1. The molecule has 1 spiro atoms. The van der Waals surface area contributed by atoms with Gasteiger partial charge >= 0.3 is 6.03 Å². The zero-order valence-corrected chi connectivity index (χ0v) is 13.6. The summed E-state index contributed by atoms with van der Waals surface area (Å²) in [6.07, 6.45) is 8.78. The Labute approximate surface area is 134 Å². The molecule has 2 fully saturated rings. The summed E-state index contributed by atoms with van der Waals surface area (Å²) in [5, 5.41) is 5.09. The van der Waals surface area contributed by atoms with E-state index < -0.39 is 5.54 Å². The van der Waals surface area contributed by atoms with Crippen LogP contribution in [0.1, 0.15) is 55.4 Å². The van der Waals surface area contributed by atoms with Crippen LogP contribution in [0.4, 0.5) is 4.79 Å². The number of nitrogens with one attached hydrogen (secondary N) is 1. The number of fused-ring (bicyclic) bond motifs is 2. The van der Waals surface area contributed by atoms with Crippen LogP contribution < -0.4 is 5.32 Å². The molecule has 0 aromatic carbocycles. The van der Waals surface area contributed by atoms with Gasteiger partial charge in [0.15, 0.2) is 0 Å². The molecule has 5 heteroatoms. The van der Waals surface area contributed by atoms with Crippen LogP contribution in [0, 0.1) is 5.92 Å². The standard InChI is InChI=1S/C17H22N2O2S/c20-15-17(9-4-7-14-13(17)8-10-22-14)18-16(21)19(15)11-12-5-2-1-3-6-12/h8,10,12H,1-7,9,11H2,(H,18,21). The van der Waals surface area contributed by atoms with E-state index in [9.17, 15) is 9.59 Å². The summed E-state index contributed by atoms with van der Waals surface area (Å²) < 4.78 is 0. The molecule has 1 saturated heterocycles. The van der Waals surface area contributed by atoms with Crippen LogP contribution in [-0.4, -0.2) is 23.4 Å². The van der Waals surface area contributed by atoms with E-state index in [0.29, 0.717) is 12.5 Å². The second-order valence-electron chi connectivity index (χ2n) is 6.87. The fourth-order valence-corrected chi connectivity index (χ4v) is 5.33. The SMILES string of the molecule is O=C1NC2(CCCc3sccc32)C(=O)N1CC1CCCCC1. The van der Waals surface area contributed by atoms with E-state index in [4.69, 9.17) is 0 Å². The molecule has 3 aliphatic rings. The number of urea groups is 1. The van der Waals surface area contributed by atoms with E-state index in [0.717, 1.165) is 37.7 Å². The molecule has 1 atom stereocenters. The van der Waals surface area contributed by atoms with Gasteiger partial charge in [0, 0.05) is 17.0 Å². The number of carbonyl (C=O) groups excluding carboxylic acids is 2. The van der Waals surface area contributed by atoms with E-state index in [1.165, 1.54) is 29.0 Å². The average Bonchev–Trinajstić information content (AvgIpc) is 3.10. The fraction of sp³-hybridized carbons (Fsp3) is 0.647. The number of hydrogen-bond acceptors (Lipinski definition) is 3. The average molecular weight is 318 g/mol. The molecule has 1 aromatic heterocycles. The van der Waals surface area contributed by atoms with Crippen molar-refractivity contribution in [2.75, 3.05) is 6.54 Å². The maximum atomic E-state index is 13.1. The predicted octanol–water partition coefficient (Wildman–Crippen LogP) is 3.41. The van der Waals surface area contributed by atoms with Gasteiger partial charge in [0.05, 0.1) is 0 Å². The third-order valence-electron chi connectivity index (χ3n) is 5.50. The molecule has 0 radical (unpaired) electrons. The highest BCUT2D eigenvalue weighted by molar-refractivity contribution is 7.10. The molecule has 2 aliphatic carbocycles. The molecule has 4 rings (SSSR count). The maximum absolute atomic E-state index is 13.1. The number of rotatable bonds is 2. The zero-order valence-electron chi connectivity index (χ0n) is 12.8. The number of imide groups is 1. The Bertz CT molecular complexity index is 606. The lowest BCUT2D eigenvalue weighted by molar-refractivity contribution is -0.132. The second-order valence-corrected chi connectivity index (χ2v) is 7.87. The number of carbonyl (C=O) groups is 2. The van der Waals surface area contributed by atoms with Gasteiger partial charge in [0.25, 0.3) is 5.91 Å². The van der Waals surface area contributed by atoms with Gasteiger partial charge in [-0.05, 0) is 49.5 Å². The van der Waals surface area contributed by atoms with Gasteiger partial charge in [-0.2, -0.15) is 0 Å². The highest BCUT2D eigenvalue weighted by Gasteiger charge is 2.54. The number of amides is 3. The molecular formula is C17H22N2O2S. The van der Waals surface area contributed by atoms with Gasteiger partial charge in [0.2, 0.25) is 0 Å². The predicted molar refractivity (Wildman–Crippen MR) is 85.8 cm³/mol. The second kappa shape index (κ2) is 5.37. The van der Waals surface area contributed by atoms with E-state index >= 15 is 0 Å². The lowest BCUT2D eigenvalue weighted by atomic mass is 9.80. The lowest BCUT2D eigenvalue weighted by Crippen LogP contribution is -2.46. The van der Waals surface area contributed by atoms with Crippen molar-refractivity contribution >= 4 is 23.3 Å². The van der Waals surface area contributed by atoms with Gasteiger partial charge in [-0.15, -0.1) is 11.3 Å². The largest absolute Gasteiger partial charge is 0.325 e. The molecule has 1 aromatic rings. The zero-order chi connectivity index (χ0) is 15.2. The molecule has 0 bridgehead atoms. The minimum atomic E-state index is -0.765. The third kappa shape index (κ3) is 2.09. The van der Waals surface area contributed by atoms with Gasteiger partial charge in [-0.1, -0.05) is 19.3 Å². The highest BCUT2D eigenvalue weighted by Crippen LogP contribution is 2.42. The van der Waals surface area contributed by atoms with Gasteiger partial charge in [-0.25, -0.2) is 4.79 Å². The molecule has 1 unspecified atom stereocenters. The van der Waals surface area contributed by atoms with Gasteiger partial charge in [0.1, 0.15) is 5.54 Å². The van der Waals surface area contributed by atoms with Crippen LogP contribution in [0.5, 0.6) is 0 Å². The molecule has 118 valence electrons. The van der Waals surface area contributed by atoms with Crippen LogP contribution >= 0.6 is 11.3 Å². The summed E-state index contributed by atoms with van der Waals surface area (Å²) >= 11 is 1.70. The molecule has 2 heterocycles. The summed E-state index contributed by atoms with van der Waals surface area (Å²) in [6.45, 7) is 0.603. The molecule has 22 heavy (non-hydrogen) atoms. The van der Waals surface area contributed by atoms with E-state index in [1.807, 2.05) is 11.4 Å². The Morgan fingerprint density at radius 1 is 1.23 bits per heavy atom. The van der Waals surface area contributed by atoms with Gasteiger partial charge < -0.3 is 5.32 Å². The first kappa shape index (κ1) is 14.2. The lowest BCUT2D eigenvalue weighted by Gasteiger charge is -2.31. The third-order valence-corrected chi connectivity index (χ3v) is 6.48. The maximum Gasteiger partial charge on any atom is 0.325 e. The van der Waals surface area contributed by atoms with Crippen molar-refractivity contribution in [3.8, 4) is 0 Å². The van der Waals surface area contributed by atoms with Crippen molar-refractivity contribution in [1.29, 1.82) is 0 Å². The van der Waals surface area contributed by atoms with Crippen LogP contribution in [-0.2, 0) is 16.8 Å². The summed E-state index contributed by atoms with van der Waals surface area (Å²) in [6, 6.07) is 1.84. The molecule has 1 aliphatic heterocycles. The van der Waals surface area contributed by atoms with Crippen LogP contribution in [0.3, 0.4) is 0 Å². The van der Waals surface area contributed by atoms with Crippen LogP contribution in [0.15, 0.2) is 11.4 Å². The van der Waals surface area contributed by atoms with Gasteiger partial charge in [-0.3, -0.25) is 9.69 Å². The number of hydrogen-bond donors (Lipinski definition) is 1. The first-order chi connectivity index (χ1) is 10.7. The summed E-state index contributed by atoms with van der Waals surface area (Å²) in [7, 11) is 0.